The molecule has 4 heteroatoms. The Morgan fingerprint density at radius 1 is 1.23 bits per heavy atom. The van der Waals surface area contributed by atoms with Crippen LogP contribution in [0.4, 0.5) is 0 Å². The maximum atomic E-state index is 12.4. The fraction of sp³-hybridized carbons (Fsp3) is 0.500. The van der Waals surface area contributed by atoms with Gasteiger partial charge in [-0.3, -0.25) is 4.79 Å². The summed E-state index contributed by atoms with van der Waals surface area (Å²) in [6.07, 6.45) is 3.50. The van der Waals surface area contributed by atoms with Crippen molar-refractivity contribution in [2.24, 2.45) is 11.8 Å². The summed E-state index contributed by atoms with van der Waals surface area (Å²) >= 11 is 3.45. The summed E-state index contributed by atoms with van der Waals surface area (Å²) in [6, 6.07) is 5.76. The summed E-state index contributed by atoms with van der Waals surface area (Å²) in [6.45, 7) is 10.1. The van der Waals surface area contributed by atoms with Gasteiger partial charge in [-0.15, -0.1) is 0 Å². The molecule has 0 spiro atoms. The Kier molecular flexibility index (Phi) is 7.66. The molecule has 1 rings (SSSR count). The van der Waals surface area contributed by atoms with Crippen molar-refractivity contribution < 1.29 is 9.53 Å². The number of amides is 1. The van der Waals surface area contributed by atoms with Crippen LogP contribution < -0.4 is 4.74 Å². The van der Waals surface area contributed by atoms with Crippen molar-refractivity contribution in [2.75, 3.05) is 20.2 Å². The zero-order chi connectivity index (χ0) is 16.7. The normalized spacial score (nSPS) is 11.5. The minimum atomic E-state index is 0.0642. The molecule has 0 bridgehead atoms. The van der Waals surface area contributed by atoms with E-state index in [1.165, 1.54) is 0 Å². The van der Waals surface area contributed by atoms with E-state index < -0.39 is 0 Å². The molecule has 0 saturated carbocycles. The quantitative estimate of drug-likeness (QED) is 0.658. The van der Waals surface area contributed by atoms with E-state index in [2.05, 4.69) is 43.6 Å². The molecular weight excluding hydrogens is 342 g/mol. The molecule has 1 aromatic rings. The van der Waals surface area contributed by atoms with Crippen molar-refractivity contribution in [3.8, 4) is 5.75 Å². The van der Waals surface area contributed by atoms with Gasteiger partial charge in [-0.2, -0.15) is 0 Å². The standard InChI is InChI=1S/C18H26BrNO2/c1-13(2)11-20(12-14(3)4)18(21)9-7-15-6-8-17(22-5)16(19)10-15/h6-10,13-14H,11-12H2,1-5H3. The topological polar surface area (TPSA) is 29.5 Å². The highest BCUT2D eigenvalue weighted by Crippen LogP contribution is 2.26. The number of ether oxygens (including phenoxy) is 1. The van der Waals surface area contributed by atoms with Crippen molar-refractivity contribution in [1.82, 2.24) is 4.90 Å². The molecule has 22 heavy (non-hydrogen) atoms. The smallest absolute Gasteiger partial charge is 0.246 e. The Balaban J connectivity index is 2.81. The molecule has 0 aliphatic rings. The average molecular weight is 368 g/mol. The lowest BCUT2D eigenvalue weighted by Crippen LogP contribution is -2.35. The summed E-state index contributed by atoms with van der Waals surface area (Å²) in [4.78, 5) is 14.3. The fourth-order valence-electron chi connectivity index (χ4n) is 2.20. The fourth-order valence-corrected chi connectivity index (χ4v) is 2.75. The zero-order valence-electron chi connectivity index (χ0n) is 14.1. The Labute approximate surface area is 142 Å². The number of benzene rings is 1. The predicted molar refractivity (Wildman–Crippen MR) is 96.0 cm³/mol. The summed E-state index contributed by atoms with van der Waals surface area (Å²) < 4.78 is 6.09. The van der Waals surface area contributed by atoms with E-state index in [1.54, 1.807) is 13.2 Å². The SMILES string of the molecule is COc1ccc(C=CC(=O)N(CC(C)C)CC(C)C)cc1Br. The third-order valence-corrected chi connectivity index (χ3v) is 3.70. The summed E-state index contributed by atoms with van der Waals surface area (Å²) in [5.74, 6) is 1.77. The molecule has 0 unspecified atom stereocenters. The van der Waals surface area contributed by atoms with Gasteiger partial charge in [-0.25, -0.2) is 0 Å². The molecule has 1 amide bonds. The second kappa shape index (κ2) is 8.99. The van der Waals surface area contributed by atoms with Crippen LogP contribution in [0, 0.1) is 11.8 Å². The van der Waals surface area contributed by atoms with E-state index in [0.717, 1.165) is 28.9 Å². The van der Waals surface area contributed by atoms with E-state index >= 15 is 0 Å². The van der Waals surface area contributed by atoms with Crippen LogP contribution in [-0.4, -0.2) is 31.0 Å². The predicted octanol–water partition coefficient (Wildman–Crippen LogP) is 4.61. The third kappa shape index (κ3) is 6.22. The van der Waals surface area contributed by atoms with Crippen LogP contribution in [0.25, 0.3) is 6.08 Å². The van der Waals surface area contributed by atoms with Gasteiger partial charge in [0.05, 0.1) is 11.6 Å². The molecule has 3 nitrogen and oxygen atoms in total. The number of hydrogen-bond acceptors (Lipinski definition) is 2. The van der Waals surface area contributed by atoms with Crippen LogP contribution in [-0.2, 0) is 4.79 Å². The Morgan fingerprint density at radius 3 is 2.27 bits per heavy atom. The van der Waals surface area contributed by atoms with Crippen LogP contribution >= 0.6 is 15.9 Å². The molecule has 0 heterocycles. The van der Waals surface area contributed by atoms with Crippen LogP contribution in [0.1, 0.15) is 33.3 Å². The van der Waals surface area contributed by atoms with Crippen molar-refractivity contribution in [3.05, 3.63) is 34.3 Å². The first-order chi connectivity index (χ1) is 10.3. The molecule has 0 saturated heterocycles. The van der Waals surface area contributed by atoms with Crippen LogP contribution in [0.5, 0.6) is 5.75 Å². The second-order valence-electron chi connectivity index (χ2n) is 6.26. The number of carbonyl (C=O) groups excluding carboxylic acids is 1. The Bertz CT molecular complexity index is 514. The molecule has 1 aromatic carbocycles. The highest BCUT2D eigenvalue weighted by molar-refractivity contribution is 9.10. The molecule has 0 aromatic heterocycles. The highest BCUT2D eigenvalue weighted by Gasteiger charge is 2.13. The Morgan fingerprint density at radius 2 is 1.82 bits per heavy atom. The number of halogens is 1. The van der Waals surface area contributed by atoms with Crippen molar-refractivity contribution in [3.63, 3.8) is 0 Å². The largest absolute Gasteiger partial charge is 0.496 e. The van der Waals surface area contributed by atoms with Gasteiger partial charge in [-0.05, 0) is 51.5 Å². The highest BCUT2D eigenvalue weighted by atomic mass is 79.9. The summed E-state index contributed by atoms with van der Waals surface area (Å²) in [7, 11) is 1.63. The number of rotatable bonds is 7. The average Bonchev–Trinajstić information content (AvgIpc) is 2.43. The second-order valence-corrected chi connectivity index (χ2v) is 7.11. The van der Waals surface area contributed by atoms with Gasteiger partial charge in [-0.1, -0.05) is 33.8 Å². The first-order valence-electron chi connectivity index (χ1n) is 7.64. The van der Waals surface area contributed by atoms with Gasteiger partial charge < -0.3 is 9.64 Å². The van der Waals surface area contributed by atoms with E-state index in [4.69, 9.17) is 4.74 Å². The van der Waals surface area contributed by atoms with Gasteiger partial charge in [0.25, 0.3) is 0 Å². The van der Waals surface area contributed by atoms with Gasteiger partial charge in [0, 0.05) is 19.2 Å². The monoisotopic (exact) mass is 367 g/mol. The molecule has 0 N–H and O–H groups in total. The first-order valence-corrected chi connectivity index (χ1v) is 8.43. The van der Waals surface area contributed by atoms with E-state index in [9.17, 15) is 4.79 Å². The van der Waals surface area contributed by atoms with E-state index in [-0.39, 0.29) is 5.91 Å². The lowest BCUT2D eigenvalue weighted by atomic mass is 10.1. The van der Waals surface area contributed by atoms with Crippen LogP contribution in [0.3, 0.4) is 0 Å². The molecule has 0 atom stereocenters. The van der Waals surface area contributed by atoms with Gasteiger partial charge in [0.2, 0.25) is 5.91 Å². The van der Waals surface area contributed by atoms with Crippen LogP contribution in [0.2, 0.25) is 0 Å². The van der Waals surface area contributed by atoms with Crippen molar-refractivity contribution in [2.45, 2.75) is 27.7 Å². The minimum absolute atomic E-state index is 0.0642. The lowest BCUT2D eigenvalue weighted by Gasteiger charge is -2.25. The number of nitrogens with zero attached hydrogens (tertiary/aromatic N) is 1. The number of methoxy groups -OCH3 is 1. The molecular formula is C18H26BrNO2. The molecule has 122 valence electrons. The molecule has 0 aliphatic heterocycles. The maximum absolute atomic E-state index is 12.4. The molecule has 0 radical (unpaired) electrons. The lowest BCUT2D eigenvalue weighted by molar-refractivity contribution is -0.127. The first kappa shape index (κ1) is 18.8. The summed E-state index contributed by atoms with van der Waals surface area (Å²) in [5.41, 5.74) is 0.968. The minimum Gasteiger partial charge on any atom is -0.496 e. The number of carbonyl (C=O) groups is 1. The van der Waals surface area contributed by atoms with Gasteiger partial charge in [0.1, 0.15) is 5.75 Å². The Hall–Kier alpha value is -1.29. The third-order valence-electron chi connectivity index (χ3n) is 3.08. The van der Waals surface area contributed by atoms with Crippen LogP contribution in [0.15, 0.2) is 28.7 Å². The molecule has 0 aliphatic carbocycles. The van der Waals surface area contributed by atoms with Crippen molar-refractivity contribution in [1.29, 1.82) is 0 Å². The van der Waals surface area contributed by atoms with E-state index in [1.807, 2.05) is 29.2 Å². The zero-order valence-corrected chi connectivity index (χ0v) is 15.7. The van der Waals surface area contributed by atoms with E-state index in [0.29, 0.717) is 11.8 Å². The van der Waals surface area contributed by atoms with Crippen molar-refractivity contribution >= 4 is 27.9 Å². The van der Waals surface area contributed by atoms with Gasteiger partial charge in [0.15, 0.2) is 0 Å². The van der Waals surface area contributed by atoms with Gasteiger partial charge >= 0.3 is 0 Å². The molecule has 0 fully saturated rings. The summed E-state index contributed by atoms with van der Waals surface area (Å²) in [5, 5.41) is 0. The number of hydrogen-bond donors (Lipinski definition) is 0. The maximum Gasteiger partial charge on any atom is 0.246 e.